The summed E-state index contributed by atoms with van der Waals surface area (Å²) in [5, 5.41) is 12.9. The van der Waals surface area contributed by atoms with Gasteiger partial charge in [0.1, 0.15) is 0 Å². The second kappa shape index (κ2) is 5.92. The lowest BCUT2D eigenvalue weighted by Gasteiger charge is -2.12. The van der Waals surface area contributed by atoms with Crippen molar-refractivity contribution in [3.8, 4) is 17.0 Å². The largest absolute Gasteiger partial charge is 0.493 e. The van der Waals surface area contributed by atoms with Crippen LogP contribution in [0.5, 0.6) is 5.75 Å². The summed E-state index contributed by atoms with van der Waals surface area (Å²) in [6.07, 6.45) is 0. The minimum atomic E-state index is -1.15. The lowest BCUT2D eigenvalue weighted by atomic mass is 10.1. The van der Waals surface area contributed by atoms with E-state index in [1.54, 1.807) is 13.1 Å². The molecule has 0 atom stereocenters. The Morgan fingerprint density at radius 3 is 2.62 bits per heavy atom. The van der Waals surface area contributed by atoms with E-state index in [1.165, 1.54) is 31.0 Å². The van der Waals surface area contributed by atoms with Crippen molar-refractivity contribution in [2.75, 3.05) is 14.2 Å². The highest BCUT2D eigenvalue weighted by Gasteiger charge is 2.19. The van der Waals surface area contributed by atoms with Crippen LogP contribution in [0, 0.1) is 5.82 Å². The molecular formula is C14H15FN2O4. The molecule has 0 unspecified atom stereocenters. The summed E-state index contributed by atoms with van der Waals surface area (Å²) >= 11 is 0. The Bertz CT molecular complexity index is 682. The van der Waals surface area contributed by atoms with Gasteiger partial charge in [-0.1, -0.05) is 0 Å². The first-order chi connectivity index (χ1) is 9.97. The number of ether oxygens (including phenoxy) is 2. The number of halogens is 1. The molecule has 1 aromatic heterocycles. The van der Waals surface area contributed by atoms with E-state index in [2.05, 4.69) is 5.10 Å². The summed E-state index contributed by atoms with van der Waals surface area (Å²) in [6, 6.07) is 4.38. The maximum absolute atomic E-state index is 14.1. The van der Waals surface area contributed by atoms with E-state index >= 15 is 0 Å². The highest BCUT2D eigenvalue weighted by Crippen LogP contribution is 2.34. The number of methoxy groups -OCH3 is 2. The van der Waals surface area contributed by atoms with Crippen molar-refractivity contribution >= 4 is 5.97 Å². The molecular weight excluding hydrogens is 279 g/mol. The molecule has 1 aromatic carbocycles. The fourth-order valence-electron chi connectivity index (χ4n) is 2.12. The average Bonchev–Trinajstić information content (AvgIpc) is 2.80. The number of carbonyl (C=O) groups is 1. The number of aromatic nitrogens is 2. The molecule has 1 heterocycles. The van der Waals surface area contributed by atoms with Crippen LogP contribution in [0.1, 0.15) is 16.1 Å². The van der Waals surface area contributed by atoms with E-state index in [4.69, 9.17) is 14.6 Å². The monoisotopic (exact) mass is 294 g/mol. The van der Waals surface area contributed by atoms with Crippen LogP contribution >= 0.6 is 0 Å². The molecule has 21 heavy (non-hydrogen) atoms. The molecule has 0 spiro atoms. The molecule has 0 aliphatic heterocycles. The number of hydrogen-bond donors (Lipinski definition) is 1. The molecule has 0 radical (unpaired) electrons. The van der Waals surface area contributed by atoms with E-state index in [0.29, 0.717) is 16.8 Å². The Morgan fingerprint density at radius 2 is 2.10 bits per heavy atom. The van der Waals surface area contributed by atoms with Crippen LogP contribution in [0.15, 0.2) is 18.2 Å². The normalized spacial score (nSPS) is 10.7. The SMILES string of the molecule is COCc1cc(F)c(OC)c(-c2cc(C(=O)O)nn2C)c1. The molecule has 0 amide bonds. The predicted molar refractivity (Wildman–Crippen MR) is 72.8 cm³/mol. The predicted octanol–water partition coefficient (Wildman–Crippen LogP) is 2.08. The lowest BCUT2D eigenvalue weighted by molar-refractivity contribution is 0.0689. The molecule has 0 aliphatic rings. The molecule has 0 saturated heterocycles. The van der Waals surface area contributed by atoms with Gasteiger partial charge in [-0.25, -0.2) is 9.18 Å². The standard InChI is InChI=1S/C14H15FN2O4/c1-17-12(6-11(16-17)14(18)19)9-4-8(7-20-2)5-10(15)13(9)21-3/h4-6H,7H2,1-3H3,(H,18,19). The first kappa shape index (κ1) is 15.0. The zero-order valence-corrected chi connectivity index (χ0v) is 11.9. The summed E-state index contributed by atoms with van der Waals surface area (Å²) in [5.74, 6) is -1.65. The molecule has 7 heteroatoms. The fourth-order valence-corrected chi connectivity index (χ4v) is 2.12. The molecule has 2 rings (SSSR count). The number of aromatic carboxylic acids is 1. The van der Waals surface area contributed by atoms with Gasteiger partial charge < -0.3 is 14.6 Å². The molecule has 6 nitrogen and oxygen atoms in total. The maximum atomic E-state index is 14.1. The van der Waals surface area contributed by atoms with E-state index in [9.17, 15) is 9.18 Å². The molecule has 112 valence electrons. The van der Waals surface area contributed by atoms with E-state index < -0.39 is 11.8 Å². The Labute approximate surface area is 120 Å². The Morgan fingerprint density at radius 1 is 1.38 bits per heavy atom. The highest BCUT2D eigenvalue weighted by atomic mass is 19.1. The molecule has 0 aliphatic carbocycles. The van der Waals surface area contributed by atoms with Gasteiger partial charge in [-0.2, -0.15) is 5.10 Å². The molecule has 0 fully saturated rings. The van der Waals surface area contributed by atoms with Gasteiger partial charge in [-0.05, 0) is 23.8 Å². The first-order valence-electron chi connectivity index (χ1n) is 6.11. The number of carboxylic acids is 1. The van der Waals surface area contributed by atoms with Gasteiger partial charge in [-0.15, -0.1) is 0 Å². The molecule has 0 saturated carbocycles. The van der Waals surface area contributed by atoms with Crippen molar-refractivity contribution < 1.29 is 23.8 Å². The minimum absolute atomic E-state index is 0.0368. The van der Waals surface area contributed by atoms with Gasteiger partial charge in [0.15, 0.2) is 17.3 Å². The lowest BCUT2D eigenvalue weighted by Crippen LogP contribution is -2.01. The van der Waals surface area contributed by atoms with E-state index in [-0.39, 0.29) is 18.1 Å². The quantitative estimate of drug-likeness (QED) is 0.914. The van der Waals surface area contributed by atoms with Crippen LogP contribution in [0.25, 0.3) is 11.3 Å². The third-order valence-electron chi connectivity index (χ3n) is 2.99. The van der Waals surface area contributed by atoms with Crippen molar-refractivity contribution in [3.63, 3.8) is 0 Å². The van der Waals surface area contributed by atoms with Crippen LogP contribution in [0.3, 0.4) is 0 Å². The van der Waals surface area contributed by atoms with Gasteiger partial charge in [0.25, 0.3) is 0 Å². The topological polar surface area (TPSA) is 73.6 Å². The third kappa shape index (κ3) is 2.87. The van der Waals surface area contributed by atoms with Crippen LogP contribution in [0.4, 0.5) is 4.39 Å². The summed E-state index contributed by atoms with van der Waals surface area (Å²) in [6.45, 7) is 0.234. The Hall–Kier alpha value is -2.41. The van der Waals surface area contributed by atoms with Crippen LogP contribution in [0.2, 0.25) is 0 Å². The second-order valence-corrected chi connectivity index (χ2v) is 4.44. The van der Waals surface area contributed by atoms with Crippen molar-refractivity contribution in [3.05, 3.63) is 35.3 Å². The highest BCUT2D eigenvalue weighted by molar-refractivity contribution is 5.87. The summed E-state index contributed by atoms with van der Waals surface area (Å²) in [5.41, 5.74) is 1.36. The van der Waals surface area contributed by atoms with Crippen molar-refractivity contribution in [1.29, 1.82) is 0 Å². The van der Waals surface area contributed by atoms with Crippen molar-refractivity contribution in [2.45, 2.75) is 6.61 Å². The van der Waals surface area contributed by atoms with Gasteiger partial charge >= 0.3 is 5.97 Å². The summed E-state index contributed by atoms with van der Waals surface area (Å²) in [7, 11) is 4.45. The van der Waals surface area contributed by atoms with Gasteiger partial charge in [0, 0.05) is 19.7 Å². The molecule has 1 N–H and O–H groups in total. The first-order valence-corrected chi connectivity index (χ1v) is 6.11. The number of carboxylic acid groups (broad SMARTS) is 1. The van der Waals surface area contributed by atoms with Gasteiger partial charge in [-0.3, -0.25) is 4.68 Å². The second-order valence-electron chi connectivity index (χ2n) is 4.44. The van der Waals surface area contributed by atoms with Gasteiger partial charge in [0.2, 0.25) is 0 Å². The average molecular weight is 294 g/mol. The summed E-state index contributed by atoms with van der Waals surface area (Å²) in [4.78, 5) is 11.0. The Balaban J connectivity index is 2.63. The number of aryl methyl sites for hydroxylation is 1. The minimum Gasteiger partial charge on any atom is -0.493 e. The molecule has 0 bridgehead atoms. The fraction of sp³-hybridized carbons (Fsp3) is 0.286. The maximum Gasteiger partial charge on any atom is 0.356 e. The smallest absolute Gasteiger partial charge is 0.356 e. The summed E-state index contributed by atoms with van der Waals surface area (Å²) < 4.78 is 25.5. The van der Waals surface area contributed by atoms with E-state index in [1.807, 2.05) is 0 Å². The number of nitrogens with zero attached hydrogens (tertiary/aromatic N) is 2. The number of hydrogen-bond acceptors (Lipinski definition) is 4. The number of benzene rings is 1. The van der Waals surface area contributed by atoms with Crippen molar-refractivity contribution in [2.24, 2.45) is 7.05 Å². The third-order valence-corrected chi connectivity index (χ3v) is 2.99. The molecule has 2 aromatic rings. The van der Waals surface area contributed by atoms with Crippen molar-refractivity contribution in [1.82, 2.24) is 9.78 Å². The zero-order chi connectivity index (χ0) is 15.6. The van der Waals surface area contributed by atoms with Crippen LogP contribution in [-0.4, -0.2) is 35.1 Å². The zero-order valence-electron chi connectivity index (χ0n) is 11.9. The van der Waals surface area contributed by atoms with Gasteiger partial charge in [0.05, 0.1) is 19.4 Å². The van der Waals surface area contributed by atoms with Crippen LogP contribution in [-0.2, 0) is 18.4 Å². The van der Waals surface area contributed by atoms with E-state index in [0.717, 1.165) is 0 Å². The number of rotatable bonds is 5. The van der Waals surface area contributed by atoms with Crippen LogP contribution < -0.4 is 4.74 Å². The Kier molecular flexibility index (Phi) is 4.23.